The van der Waals surface area contributed by atoms with Gasteiger partial charge in [0.1, 0.15) is 5.75 Å². The predicted molar refractivity (Wildman–Crippen MR) is 89.5 cm³/mol. The third-order valence-corrected chi connectivity index (χ3v) is 4.18. The van der Waals surface area contributed by atoms with Gasteiger partial charge in [-0.2, -0.15) is 0 Å². The molecule has 23 heavy (non-hydrogen) atoms. The van der Waals surface area contributed by atoms with Crippen molar-refractivity contribution in [3.8, 4) is 5.75 Å². The summed E-state index contributed by atoms with van der Waals surface area (Å²) in [6, 6.07) is 6.90. The van der Waals surface area contributed by atoms with Gasteiger partial charge in [-0.05, 0) is 38.9 Å². The lowest BCUT2D eigenvalue weighted by molar-refractivity contribution is -0.135. The van der Waals surface area contributed by atoms with Crippen molar-refractivity contribution in [1.82, 2.24) is 9.80 Å². The second-order valence-corrected chi connectivity index (χ2v) is 5.90. The van der Waals surface area contributed by atoms with Gasteiger partial charge in [0, 0.05) is 24.8 Å². The molecule has 2 amide bonds. The fraction of sp³-hybridized carbons (Fsp3) is 0.529. The largest absolute Gasteiger partial charge is 0.497 e. The minimum Gasteiger partial charge on any atom is -0.497 e. The highest BCUT2D eigenvalue weighted by atomic mass is 16.5. The standard InChI is InChI=1S/C17H25N3O3/c1-13(17(22)20-9-4-5-10-20)19(2)12-16(21)18-14-7-6-8-15(11-14)23-3/h6-8,11,13H,4-5,9-10,12H2,1-3H3,(H,18,21)/t13-/m0/s1. The van der Waals surface area contributed by atoms with E-state index in [-0.39, 0.29) is 24.4 Å². The van der Waals surface area contributed by atoms with Crippen molar-refractivity contribution in [2.24, 2.45) is 0 Å². The smallest absolute Gasteiger partial charge is 0.239 e. The Kier molecular flexibility index (Phi) is 5.98. The third kappa shape index (κ3) is 4.69. The van der Waals surface area contributed by atoms with Gasteiger partial charge in [0.2, 0.25) is 11.8 Å². The number of rotatable bonds is 6. The van der Waals surface area contributed by atoms with Crippen LogP contribution >= 0.6 is 0 Å². The van der Waals surface area contributed by atoms with E-state index >= 15 is 0 Å². The van der Waals surface area contributed by atoms with Crippen LogP contribution in [0.15, 0.2) is 24.3 Å². The first kappa shape index (κ1) is 17.3. The quantitative estimate of drug-likeness (QED) is 0.865. The molecule has 0 bridgehead atoms. The summed E-state index contributed by atoms with van der Waals surface area (Å²) in [4.78, 5) is 28.1. The Bertz CT molecular complexity index is 556. The van der Waals surface area contributed by atoms with E-state index in [1.807, 2.05) is 24.0 Å². The zero-order chi connectivity index (χ0) is 16.8. The van der Waals surface area contributed by atoms with Gasteiger partial charge in [0.25, 0.3) is 0 Å². The predicted octanol–water partition coefficient (Wildman–Crippen LogP) is 1.58. The molecule has 1 N–H and O–H groups in total. The van der Waals surface area contributed by atoms with Crippen molar-refractivity contribution in [2.75, 3.05) is 39.1 Å². The Morgan fingerprint density at radius 2 is 2.04 bits per heavy atom. The molecule has 1 aromatic carbocycles. The van der Waals surface area contributed by atoms with Crippen LogP contribution in [0.5, 0.6) is 5.75 Å². The highest BCUT2D eigenvalue weighted by Gasteiger charge is 2.26. The van der Waals surface area contributed by atoms with E-state index in [0.717, 1.165) is 25.9 Å². The number of carbonyl (C=O) groups is 2. The van der Waals surface area contributed by atoms with Gasteiger partial charge in [-0.3, -0.25) is 14.5 Å². The maximum absolute atomic E-state index is 12.3. The first-order valence-electron chi connectivity index (χ1n) is 7.94. The molecule has 1 fully saturated rings. The normalized spacial score (nSPS) is 15.6. The van der Waals surface area contributed by atoms with Crippen LogP contribution in [-0.2, 0) is 9.59 Å². The molecule has 0 radical (unpaired) electrons. The highest BCUT2D eigenvalue weighted by Crippen LogP contribution is 2.17. The summed E-state index contributed by atoms with van der Waals surface area (Å²) in [5, 5.41) is 2.83. The number of methoxy groups -OCH3 is 1. The van der Waals surface area contributed by atoms with Crippen molar-refractivity contribution in [3.63, 3.8) is 0 Å². The van der Waals surface area contributed by atoms with E-state index in [2.05, 4.69) is 5.32 Å². The minimum atomic E-state index is -0.302. The maximum atomic E-state index is 12.3. The Morgan fingerprint density at radius 3 is 2.70 bits per heavy atom. The van der Waals surface area contributed by atoms with Crippen LogP contribution < -0.4 is 10.1 Å². The van der Waals surface area contributed by atoms with Gasteiger partial charge in [-0.25, -0.2) is 0 Å². The molecule has 126 valence electrons. The van der Waals surface area contributed by atoms with Gasteiger partial charge >= 0.3 is 0 Å². The zero-order valence-corrected chi connectivity index (χ0v) is 14.0. The molecule has 1 aliphatic heterocycles. The molecule has 0 aromatic heterocycles. The molecule has 0 saturated carbocycles. The Morgan fingerprint density at radius 1 is 1.35 bits per heavy atom. The Hall–Kier alpha value is -2.08. The van der Waals surface area contributed by atoms with Gasteiger partial charge < -0.3 is 15.0 Å². The molecule has 1 saturated heterocycles. The summed E-state index contributed by atoms with van der Waals surface area (Å²) in [5.74, 6) is 0.634. The molecule has 1 atom stereocenters. The van der Waals surface area contributed by atoms with E-state index in [1.165, 1.54) is 0 Å². The molecular weight excluding hydrogens is 294 g/mol. The van der Waals surface area contributed by atoms with Gasteiger partial charge in [0.05, 0.1) is 19.7 Å². The van der Waals surface area contributed by atoms with Crippen LogP contribution in [0.2, 0.25) is 0 Å². The summed E-state index contributed by atoms with van der Waals surface area (Å²) in [6.07, 6.45) is 2.14. The van der Waals surface area contributed by atoms with E-state index < -0.39 is 0 Å². The molecule has 6 nitrogen and oxygen atoms in total. The zero-order valence-electron chi connectivity index (χ0n) is 14.0. The number of likely N-dealkylation sites (tertiary alicyclic amines) is 1. The molecule has 1 heterocycles. The summed E-state index contributed by atoms with van der Waals surface area (Å²) in [5.41, 5.74) is 0.682. The molecule has 0 aliphatic carbocycles. The molecule has 0 spiro atoms. The number of amides is 2. The molecular formula is C17H25N3O3. The lowest BCUT2D eigenvalue weighted by Gasteiger charge is -2.27. The molecule has 0 unspecified atom stereocenters. The van der Waals surface area contributed by atoms with Crippen LogP contribution in [0.3, 0.4) is 0 Å². The summed E-state index contributed by atoms with van der Waals surface area (Å²) in [7, 11) is 3.38. The van der Waals surface area contributed by atoms with Crippen LogP contribution in [0.4, 0.5) is 5.69 Å². The summed E-state index contributed by atoms with van der Waals surface area (Å²) >= 11 is 0. The van der Waals surface area contributed by atoms with Crippen molar-refractivity contribution in [3.05, 3.63) is 24.3 Å². The fourth-order valence-corrected chi connectivity index (χ4v) is 2.66. The van der Waals surface area contributed by atoms with Crippen LogP contribution in [-0.4, -0.2) is 61.4 Å². The van der Waals surface area contributed by atoms with E-state index in [0.29, 0.717) is 11.4 Å². The molecule has 1 aliphatic rings. The number of nitrogens with zero attached hydrogens (tertiary/aromatic N) is 2. The summed E-state index contributed by atoms with van der Waals surface area (Å²) in [6.45, 7) is 3.66. The van der Waals surface area contributed by atoms with Crippen molar-refractivity contribution in [1.29, 1.82) is 0 Å². The van der Waals surface area contributed by atoms with E-state index in [9.17, 15) is 9.59 Å². The number of hydrogen-bond acceptors (Lipinski definition) is 4. The summed E-state index contributed by atoms with van der Waals surface area (Å²) < 4.78 is 5.13. The monoisotopic (exact) mass is 319 g/mol. The van der Waals surface area contributed by atoms with Gasteiger partial charge in [-0.1, -0.05) is 6.07 Å². The first-order valence-corrected chi connectivity index (χ1v) is 7.94. The Balaban J connectivity index is 1.86. The number of benzene rings is 1. The molecule has 6 heteroatoms. The number of carbonyl (C=O) groups excluding carboxylic acids is 2. The number of nitrogens with one attached hydrogen (secondary N) is 1. The SMILES string of the molecule is COc1cccc(NC(=O)CN(C)[C@@H](C)C(=O)N2CCCC2)c1. The lowest BCUT2D eigenvalue weighted by atomic mass is 10.2. The first-order chi connectivity index (χ1) is 11.0. The average Bonchev–Trinajstić information content (AvgIpc) is 3.07. The maximum Gasteiger partial charge on any atom is 0.239 e. The second-order valence-electron chi connectivity index (χ2n) is 5.90. The Labute approximate surface area is 137 Å². The van der Waals surface area contributed by atoms with Crippen LogP contribution in [0, 0.1) is 0 Å². The minimum absolute atomic E-state index is 0.0965. The van der Waals surface area contributed by atoms with Crippen LogP contribution in [0.25, 0.3) is 0 Å². The van der Waals surface area contributed by atoms with E-state index in [4.69, 9.17) is 4.74 Å². The highest BCUT2D eigenvalue weighted by molar-refractivity contribution is 5.93. The number of likely N-dealkylation sites (N-methyl/N-ethyl adjacent to an activating group) is 1. The molecule has 1 aromatic rings. The van der Waals surface area contributed by atoms with Crippen molar-refractivity contribution in [2.45, 2.75) is 25.8 Å². The van der Waals surface area contributed by atoms with Crippen LogP contribution in [0.1, 0.15) is 19.8 Å². The number of hydrogen-bond donors (Lipinski definition) is 1. The van der Waals surface area contributed by atoms with Gasteiger partial charge in [-0.15, -0.1) is 0 Å². The second kappa shape index (κ2) is 7.97. The van der Waals surface area contributed by atoms with Crippen molar-refractivity contribution < 1.29 is 14.3 Å². The third-order valence-electron chi connectivity index (χ3n) is 4.18. The number of ether oxygens (including phenoxy) is 1. The van der Waals surface area contributed by atoms with Gasteiger partial charge in [0.15, 0.2) is 0 Å². The topological polar surface area (TPSA) is 61.9 Å². The average molecular weight is 319 g/mol. The lowest BCUT2D eigenvalue weighted by Crippen LogP contribution is -2.46. The fourth-order valence-electron chi connectivity index (χ4n) is 2.66. The molecule has 2 rings (SSSR count). The van der Waals surface area contributed by atoms with E-state index in [1.54, 1.807) is 31.2 Å². The van der Waals surface area contributed by atoms with Crippen molar-refractivity contribution >= 4 is 17.5 Å². The number of anilines is 1.